The van der Waals surface area contributed by atoms with E-state index < -0.39 is 17.6 Å². The molecule has 192 valence electrons. The third-order valence-electron chi connectivity index (χ3n) is 4.87. The van der Waals surface area contributed by atoms with E-state index in [1.54, 1.807) is 70.3 Å². The van der Waals surface area contributed by atoms with Crippen LogP contribution in [0.25, 0.3) is 0 Å². The maximum atomic E-state index is 12.6. The Morgan fingerprint density at radius 1 is 1.11 bits per heavy atom. The van der Waals surface area contributed by atoms with E-state index in [2.05, 4.69) is 10.3 Å². The average Bonchev–Trinajstić information content (AvgIpc) is 3.13. The molecule has 0 spiro atoms. The van der Waals surface area contributed by atoms with Gasteiger partial charge in [0, 0.05) is 19.5 Å². The van der Waals surface area contributed by atoms with E-state index in [0.29, 0.717) is 34.2 Å². The zero-order chi connectivity index (χ0) is 26.5. The van der Waals surface area contributed by atoms with E-state index in [1.165, 1.54) is 12.0 Å². The van der Waals surface area contributed by atoms with Gasteiger partial charge < -0.3 is 24.6 Å². The van der Waals surface area contributed by atoms with Crippen LogP contribution in [0.3, 0.4) is 0 Å². The summed E-state index contributed by atoms with van der Waals surface area (Å²) in [6.45, 7) is 5.04. The summed E-state index contributed by atoms with van der Waals surface area (Å²) < 4.78 is 16.3. The van der Waals surface area contributed by atoms with Crippen LogP contribution >= 0.6 is 11.3 Å². The van der Waals surface area contributed by atoms with Gasteiger partial charge in [0.1, 0.15) is 17.1 Å². The number of hydrogen-bond acceptors (Lipinski definition) is 8. The fourth-order valence-corrected chi connectivity index (χ4v) is 3.90. The highest BCUT2D eigenvalue weighted by molar-refractivity contribution is 7.09. The Kier molecular flexibility index (Phi) is 8.25. The molecular weight excluding hydrogens is 486 g/mol. The van der Waals surface area contributed by atoms with Crippen LogP contribution < -0.4 is 24.6 Å². The van der Waals surface area contributed by atoms with E-state index in [1.807, 2.05) is 0 Å². The third kappa shape index (κ3) is 7.25. The molecule has 2 amide bonds. The number of aromatic hydroxyl groups is 1. The largest absolute Gasteiger partial charge is 0.497 e. The Hall–Kier alpha value is -3.99. The van der Waals surface area contributed by atoms with Gasteiger partial charge in [0.15, 0.2) is 6.61 Å². The molecule has 0 aliphatic carbocycles. The number of benzene rings is 2. The van der Waals surface area contributed by atoms with Gasteiger partial charge in [-0.25, -0.2) is 4.79 Å². The minimum atomic E-state index is -0.682. The molecule has 0 fully saturated rings. The molecule has 36 heavy (non-hydrogen) atoms. The Labute approximate surface area is 212 Å². The van der Waals surface area contributed by atoms with Gasteiger partial charge in [0.25, 0.3) is 5.91 Å². The van der Waals surface area contributed by atoms with Crippen molar-refractivity contribution >= 4 is 34.7 Å². The number of H-pyrrole nitrogens is 1. The van der Waals surface area contributed by atoms with Gasteiger partial charge in [0.05, 0.1) is 23.4 Å². The molecule has 0 radical (unpaired) electrons. The molecule has 3 aromatic rings. The normalized spacial score (nSPS) is 11.0. The summed E-state index contributed by atoms with van der Waals surface area (Å²) in [4.78, 5) is 40.4. The van der Waals surface area contributed by atoms with Crippen molar-refractivity contribution in [3.8, 4) is 17.4 Å². The standard InChI is InChI=1S/C25H29N3O7S/c1-25(2,3)35-24(32)28(4)19-13-17(33-5)10-11-18(19)26-21(29)14-34-16-8-6-15(7-9-16)12-20-22(30)27-23(31)36-20/h6-11,13,30H,12,14H2,1-5H3,(H,26,29)(H,27,31). The fourth-order valence-electron chi connectivity index (χ4n) is 3.15. The Bertz CT molecular complexity index is 1280. The molecule has 1 heterocycles. The molecule has 11 heteroatoms. The molecule has 0 saturated carbocycles. The lowest BCUT2D eigenvalue weighted by molar-refractivity contribution is -0.118. The summed E-state index contributed by atoms with van der Waals surface area (Å²) in [7, 11) is 3.05. The Balaban J connectivity index is 1.63. The second-order valence-corrected chi connectivity index (χ2v) is 9.93. The van der Waals surface area contributed by atoms with E-state index in [9.17, 15) is 19.5 Å². The van der Waals surface area contributed by atoms with E-state index in [0.717, 1.165) is 16.9 Å². The first-order chi connectivity index (χ1) is 16.9. The monoisotopic (exact) mass is 515 g/mol. The zero-order valence-corrected chi connectivity index (χ0v) is 21.5. The van der Waals surface area contributed by atoms with Gasteiger partial charge >= 0.3 is 11.0 Å². The van der Waals surface area contributed by atoms with Gasteiger partial charge in [-0.3, -0.25) is 19.5 Å². The highest BCUT2D eigenvalue weighted by Crippen LogP contribution is 2.31. The Morgan fingerprint density at radius 2 is 1.78 bits per heavy atom. The van der Waals surface area contributed by atoms with Crippen LogP contribution in [0.2, 0.25) is 0 Å². The number of nitrogens with zero attached hydrogens (tertiary/aromatic N) is 1. The number of ether oxygens (including phenoxy) is 3. The molecule has 2 aromatic carbocycles. The lowest BCUT2D eigenvalue weighted by Crippen LogP contribution is -2.34. The number of thiazole rings is 1. The molecule has 0 saturated heterocycles. The number of aromatic amines is 1. The molecule has 0 aliphatic heterocycles. The summed E-state index contributed by atoms with van der Waals surface area (Å²) in [6, 6.07) is 11.9. The molecule has 3 rings (SSSR count). The molecule has 0 atom stereocenters. The van der Waals surface area contributed by atoms with Gasteiger partial charge in [-0.05, 0) is 50.6 Å². The van der Waals surface area contributed by atoms with Crippen molar-refractivity contribution in [1.29, 1.82) is 0 Å². The molecule has 0 bridgehead atoms. The quantitative estimate of drug-likeness (QED) is 0.411. The van der Waals surface area contributed by atoms with E-state index in [4.69, 9.17) is 14.2 Å². The van der Waals surface area contributed by atoms with Crippen molar-refractivity contribution in [3.63, 3.8) is 0 Å². The number of amides is 2. The van der Waals surface area contributed by atoms with Gasteiger partial charge in [-0.15, -0.1) is 0 Å². The van der Waals surface area contributed by atoms with Crippen molar-refractivity contribution in [1.82, 2.24) is 4.98 Å². The van der Waals surface area contributed by atoms with Crippen LogP contribution in [0.4, 0.5) is 16.2 Å². The third-order valence-corrected chi connectivity index (χ3v) is 5.74. The second kappa shape index (κ2) is 11.2. The number of hydrogen-bond donors (Lipinski definition) is 3. The maximum absolute atomic E-state index is 12.6. The van der Waals surface area contributed by atoms with Crippen LogP contribution in [-0.2, 0) is 16.0 Å². The van der Waals surface area contributed by atoms with Crippen molar-refractivity contribution in [2.45, 2.75) is 32.8 Å². The highest BCUT2D eigenvalue weighted by Gasteiger charge is 2.23. The lowest BCUT2D eigenvalue weighted by atomic mass is 10.1. The van der Waals surface area contributed by atoms with Crippen molar-refractivity contribution in [3.05, 3.63) is 62.6 Å². The van der Waals surface area contributed by atoms with Crippen LogP contribution in [0.5, 0.6) is 17.4 Å². The predicted octanol–water partition coefficient (Wildman–Crippen LogP) is 4.13. The molecule has 3 N–H and O–H groups in total. The summed E-state index contributed by atoms with van der Waals surface area (Å²) in [6.07, 6.45) is -0.190. The number of anilines is 2. The summed E-state index contributed by atoms with van der Waals surface area (Å²) in [5.74, 6) is 0.429. The molecule has 1 aromatic heterocycles. The predicted molar refractivity (Wildman–Crippen MR) is 138 cm³/mol. The lowest BCUT2D eigenvalue weighted by Gasteiger charge is -2.26. The minimum Gasteiger partial charge on any atom is -0.497 e. The van der Waals surface area contributed by atoms with E-state index in [-0.39, 0.29) is 17.4 Å². The van der Waals surface area contributed by atoms with Crippen LogP contribution in [0.15, 0.2) is 47.3 Å². The van der Waals surface area contributed by atoms with Crippen molar-refractivity contribution in [2.24, 2.45) is 0 Å². The van der Waals surface area contributed by atoms with Gasteiger partial charge in [-0.1, -0.05) is 23.5 Å². The van der Waals surface area contributed by atoms with Crippen LogP contribution in [-0.4, -0.2) is 48.5 Å². The first-order valence-corrected chi connectivity index (χ1v) is 11.8. The minimum absolute atomic E-state index is 0.128. The van der Waals surface area contributed by atoms with Crippen LogP contribution in [0.1, 0.15) is 31.2 Å². The number of methoxy groups -OCH3 is 1. The average molecular weight is 516 g/mol. The molecule has 0 unspecified atom stereocenters. The van der Waals surface area contributed by atoms with Gasteiger partial charge in [0.2, 0.25) is 5.88 Å². The first kappa shape index (κ1) is 26.6. The smallest absolute Gasteiger partial charge is 0.414 e. The van der Waals surface area contributed by atoms with Gasteiger partial charge in [-0.2, -0.15) is 0 Å². The second-order valence-electron chi connectivity index (χ2n) is 8.87. The number of nitrogens with one attached hydrogen (secondary N) is 2. The number of rotatable bonds is 8. The number of carbonyl (C=O) groups excluding carboxylic acids is 2. The highest BCUT2D eigenvalue weighted by atomic mass is 32.1. The van der Waals surface area contributed by atoms with Crippen molar-refractivity contribution in [2.75, 3.05) is 31.0 Å². The van der Waals surface area contributed by atoms with E-state index >= 15 is 0 Å². The zero-order valence-electron chi connectivity index (χ0n) is 20.7. The SMILES string of the molecule is COc1ccc(NC(=O)COc2ccc(Cc3sc(=O)[nH]c3O)cc2)c(N(C)C(=O)OC(C)(C)C)c1. The fraction of sp³-hybridized carbons (Fsp3) is 0.320. The number of carbonyl (C=O) groups is 2. The molecule has 10 nitrogen and oxygen atoms in total. The molecular formula is C25H29N3O7S. The summed E-state index contributed by atoms with van der Waals surface area (Å²) in [5.41, 5.74) is 0.971. The number of aromatic nitrogens is 1. The topological polar surface area (TPSA) is 130 Å². The summed E-state index contributed by atoms with van der Waals surface area (Å²) >= 11 is 0.952. The summed E-state index contributed by atoms with van der Waals surface area (Å²) in [5, 5.41) is 12.5. The maximum Gasteiger partial charge on any atom is 0.414 e. The van der Waals surface area contributed by atoms with Crippen molar-refractivity contribution < 1.29 is 28.9 Å². The first-order valence-electron chi connectivity index (χ1n) is 11.0. The van der Waals surface area contributed by atoms with Crippen LogP contribution in [0, 0.1) is 0 Å². The molecule has 0 aliphatic rings. The Morgan fingerprint density at radius 3 is 2.36 bits per heavy atom.